The molecule has 0 atom stereocenters. The van der Waals surface area contributed by atoms with Gasteiger partial charge in [-0.3, -0.25) is 4.79 Å². The number of aromatic nitrogens is 5. The lowest BCUT2D eigenvalue weighted by atomic mass is 10.2. The number of methoxy groups -OCH3 is 1. The van der Waals surface area contributed by atoms with Crippen LogP contribution in [0.5, 0.6) is 0 Å². The summed E-state index contributed by atoms with van der Waals surface area (Å²) < 4.78 is 22.4. The number of ether oxygens (including phenoxy) is 1. The molecule has 11 heteroatoms. The molecule has 9 nitrogen and oxygen atoms in total. The summed E-state index contributed by atoms with van der Waals surface area (Å²) in [5.41, 5.74) is 1.59. The molecule has 3 aromatic rings. The fraction of sp³-hybridized carbons (Fsp3) is 0.235. The van der Waals surface area contributed by atoms with Crippen molar-refractivity contribution in [1.29, 1.82) is 0 Å². The van der Waals surface area contributed by atoms with E-state index < -0.39 is 5.82 Å². The molecule has 28 heavy (non-hydrogen) atoms. The van der Waals surface area contributed by atoms with Gasteiger partial charge in [0.1, 0.15) is 23.5 Å². The molecule has 1 amide bonds. The molecule has 0 spiro atoms. The van der Waals surface area contributed by atoms with Crippen LogP contribution in [0.3, 0.4) is 0 Å². The van der Waals surface area contributed by atoms with Gasteiger partial charge in [0.25, 0.3) is 11.1 Å². The van der Waals surface area contributed by atoms with Crippen molar-refractivity contribution in [3.63, 3.8) is 0 Å². The van der Waals surface area contributed by atoms with Crippen LogP contribution < -0.4 is 10.6 Å². The zero-order chi connectivity index (χ0) is 20.1. The first-order valence-electron chi connectivity index (χ1n) is 8.37. The fourth-order valence-corrected chi connectivity index (χ4v) is 2.48. The summed E-state index contributed by atoms with van der Waals surface area (Å²) in [5.74, 6) is -0.803. The van der Waals surface area contributed by atoms with E-state index in [1.165, 1.54) is 34.9 Å². The van der Waals surface area contributed by atoms with Gasteiger partial charge in [0.2, 0.25) is 0 Å². The number of halogens is 1. The van der Waals surface area contributed by atoms with Crippen LogP contribution in [0.2, 0.25) is 0 Å². The lowest BCUT2D eigenvalue weighted by molar-refractivity contribution is 0.0951. The highest BCUT2D eigenvalue weighted by molar-refractivity contribution is 7.80. The van der Waals surface area contributed by atoms with Crippen LogP contribution in [-0.2, 0) is 11.3 Å². The average Bonchev–Trinajstić information content (AvgIpc) is 3.36. The van der Waals surface area contributed by atoms with E-state index in [4.69, 9.17) is 17.0 Å². The summed E-state index contributed by atoms with van der Waals surface area (Å²) in [6.45, 7) is 2.64. The Kier molecular flexibility index (Phi) is 5.94. The highest BCUT2D eigenvalue weighted by Crippen LogP contribution is 2.18. The van der Waals surface area contributed by atoms with E-state index in [9.17, 15) is 9.18 Å². The lowest BCUT2D eigenvalue weighted by Crippen LogP contribution is -2.22. The first kappa shape index (κ1) is 19.4. The van der Waals surface area contributed by atoms with Crippen LogP contribution >= 0.6 is 12.2 Å². The molecule has 0 aliphatic heterocycles. The number of hydrogen-bond acceptors (Lipinski definition) is 6. The van der Waals surface area contributed by atoms with E-state index >= 15 is 0 Å². The summed E-state index contributed by atoms with van der Waals surface area (Å²) in [5, 5.41) is 13.7. The van der Waals surface area contributed by atoms with Crippen molar-refractivity contribution in [1.82, 2.24) is 35.2 Å². The Morgan fingerprint density at radius 1 is 1.32 bits per heavy atom. The monoisotopic (exact) mass is 403 g/mol. The molecule has 0 fully saturated rings. The van der Waals surface area contributed by atoms with Crippen molar-refractivity contribution in [2.24, 2.45) is 0 Å². The van der Waals surface area contributed by atoms with Crippen LogP contribution in [0, 0.1) is 5.82 Å². The maximum absolute atomic E-state index is 14.6. The Hall–Kier alpha value is -3.34. The van der Waals surface area contributed by atoms with Crippen LogP contribution in [0.4, 0.5) is 4.39 Å². The zero-order valence-electron chi connectivity index (χ0n) is 15.2. The summed E-state index contributed by atoms with van der Waals surface area (Å²) in [4.78, 5) is 15.8. The second-order valence-electron chi connectivity index (χ2n) is 5.66. The highest BCUT2D eigenvalue weighted by atomic mass is 32.1. The number of imidazole rings is 1. The van der Waals surface area contributed by atoms with Crippen molar-refractivity contribution in [3.8, 4) is 11.4 Å². The molecular formula is C17H18FN7O2S. The largest absolute Gasteiger partial charge is 0.474 e. The van der Waals surface area contributed by atoms with E-state index in [-0.39, 0.29) is 22.5 Å². The topological polar surface area (TPSA) is 98.9 Å². The third-order valence-electron chi connectivity index (χ3n) is 3.77. The number of amides is 1. The third kappa shape index (κ3) is 4.31. The second-order valence-corrected chi connectivity index (χ2v) is 6.03. The molecule has 0 aliphatic rings. The van der Waals surface area contributed by atoms with E-state index in [1.807, 2.05) is 6.92 Å². The fourth-order valence-electron chi connectivity index (χ4n) is 2.41. The van der Waals surface area contributed by atoms with Gasteiger partial charge in [0.15, 0.2) is 0 Å². The first-order chi connectivity index (χ1) is 13.5. The Morgan fingerprint density at radius 2 is 2.14 bits per heavy atom. The van der Waals surface area contributed by atoms with E-state index in [0.717, 1.165) is 0 Å². The summed E-state index contributed by atoms with van der Waals surface area (Å²) in [7, 11) is 1.47. The van der Waals surface area contributed by atoms with Gasteiger partial charge < -0.3 is 19.9 Å². The molecule has 0 saturated heterocycles. The third-order valence-corrected chi connectivity index (χ3v) is 4.08. The molecule has 146 valence electrons. The number of benzene rings is 1. The number of hydrogen-bond donors (Lipinski definition) is 2. The molecule has 1 aromatic carbocycles. The minimum atomic E-state index is -0.493. The summed E-state index contributed by atoms with van der Waals surface area (Å²) in [6, 6.07) is 4.59. The number of carbonyl (C=O) groups excluding carboxylic acids is 1. The molecule has 2 heterocycles. The molecule has 3 rings (SSSR count). The predicted molar refractivity (Wildman–Crippen MR) is 103 cm³/mol. The predicted octanol–water partition coefficient (Wildman–Crippen LogP) is 1.36. The zero-order valence-corrected chi connectivity index (χ0v) is 16.0. The molecule has 0 saturated carbocycles. The minimum Gasteiger partial charge on any atom is -0.474 e. The number of nitrogens with one attached hydrogen (secondary N) is 2. The van der Waals surface area contributed by atoms with E-state index in [1.54, 1.807) is 18.3 Å². The highest BCUT2D eigenvalue weighted by Gasteiger charge is 2.12. The number of thiocarbonyl (C=S) groups is 1. The quantitative estimate of drug-likeness (QED) is 0.600. The van der Waals surface area contributed by atoms with Crippen molar-refractivity contribution in [2.75, 3.05) is 13.7 Å². The molecule has 0 aliphatic carbocycles. The maximum Gasteiger partial charge on any atom is 0.271 e. The van der Waals surface area contributed by atoms with Crippen molar-refractivity contribution in [2.45, 2.75) is 13.5 Å². The molecule has 0 unspecified atom stereocenters. The van der Waals surface area contributed by atoms with Crippen molar-refractivity contribution < 1.29 is 13.9 Å². The molecular weight excluding hydrogens is 385 g/mol. The van der Waals surface area contributed by atoms with Gasteiger partial charge in [0.05, 0.1) is 31.2 Å². The molecule has 0 bridgehead atoms. The van der Waals surface area contributed by atoms with Crippen molar-refractivity contribution in [3.05, 3.63) is 54.1 Å². The molecule has 2 aromatic heterocycles. The van der Waals surface area contributed by atoms with Gasteiger partial charge >= 0.3 is 0 Å². The van der Waals surface area contributed by atoms with Crippen LogP contribution in [0.15, 0.2) is 36.9 Å². The Labute approximate surface area is 165 Å². The Balaban J connectivity index is 1.77. The Morgan fingerprint density at radius 3 is 2.86 bits per heavy atom. The normalized spacial score (nSPS) is 10.5. The van der Waals surface area contributed by atoms with Crippen LogP contribution in [-0.4, -0.2) is 49.3 Å². The number of rotatable bonds is 6. The lowest BCUT2D eigenvalue weighted by Gasteiger charge is -2.06. The van der Waals surface area contributed by atoms with Gasteiger partial charge in [-0.2, -0.15) is 0 Å². The first-order valence-corrected chi connectivity index (χ1v) is 8.78. The van der Waals surface area contributed by atoms with Gasteiger partial charge in [-0.1, -0.05) is 5.21 Å². The van der Waals surface area contributed by atoms with E-state index in [0.29, 0.717) is 24.5 Å². The van der Waals surface area contributed by atoms with Gasteiger partial charge in [-0.25, -0.2) is 14.1 Å². The van der Waals surface area contributed by atoms with Gasteiger partial charge in [0, 0.05) is 18.8 Å². The molecule has 2 N–H and O–H groups in total. The van der Waals surface area contributed by atoms with Crippen LogP contribution in [0.25, 0.3) is 11.4 Å². The van der Waals surface area contributed by atoms with Crippen LogP contribution in [0.1, 0.15) is 23.1 Å². The summed E-state index contributed by atoms with van der Waals surface area (Å²) in [6.07, 6.45) is 4.52. The number of nitrogens with zero attached hydrogens (tertiary/aromatic N) is 5. The van der Waals surface area contributed by atoms with Crippen molar-refractivity contribution >= 4 is 23.3 Å². The molecule has 0 radical (unpaired) electrons. The smallest absolute Gasteiger partial charge is 0.271 e. The SMILES string of the molecule is CCNC(=O)c1cn(-c2ccc(-n3cc(CNC(=S)OC)nn3)cc2F)cn1. The summed E-state index contributed by atoms with van der Waals surface area (Å²) >= 11 is 4.89. The number of carbonyl (C=O) groups is 1. The second kappa shape index (κ2) is 8.57. The standard InChI is InChI=1S/C17H18FN7O2S/c1-3-19-16(26)14-9-24(10-21-14)15-5-4-12(6-13(15)18)25-8-11(22-23-25)7-20-17(28)27-2/h4-6,8-10H,3,7H2,1-2H3,(H,19,26)(H,20,28). The minimum absolute atomic E-state index is 0.215. The maximum atomic E-state index is 14.6. The van der Waals surface area contributed by atoms with Gasteiger partial charge in [-0.15, -0.1) is 5.10 Å². The Bertz CT molecular complexity index is 1000. The average molecular weight is 403 g/mol. The van der Waals surface area contributed by atoms with E-state index in [2.05, 4.69) is 25.9 Å². The van der Waals surface area contributed by atoms with Gasteiger partial charge in [-0.05, 0) is 31.3 Å².